The quantitative estimate of drug-likeness (QED) is 0.235. The van der Waals surface area contributed by atoms with E-state index in [9.17, 15) is 0 Å². The molecule has 0 aliphatic heterocycles. The second-order valence-corrected chi connectivity index (χ2v) is 7.17. The molecule has 2 heteroatoms. The Labute approximate surface area is 160 Å². The fourth-order valence-electron chi connectivity index (χ4n) is 2.29. The van der Waals surface area contributed by atoms with Crippen LogP contribution < -0.4 is 0 Å². The zero-order chi connectivity index (χ0) is 18.4. The van der Waals surface area contributed by atoms with E-state index >= 15 is 0 Å². The minimum Gasteiger partial charge on any atom is -0.395 e. The van der Waals surface area contributed by atoms with E-state index in [-0.39, 0.29) is 0 Å². The number of hydrogen-bond acceptors (Lipinski definition) is 2. The maximum Gasteiger partial charge on any atom is 0.0549 e. The molecule has 0 aromatic heterocycles. The normalized spacial score (nSPS) is 14.2. The summed E-state index contributed by atoms with van der Waals surface area (Å²) >= 11 is 1.77. The van der Waals surface area contributed by atoms with Crippen molar-refractivity contribution >= 4 is 11.8 Å². The lowest BCUT2D eigenvalue weighted by Gasteiger charge is -2.09. The third kappa shape index (κ3) is 19.2. The molecule has 1 nitrogen and oxygen atoms in total. The van der Waals surface area contributed by atoms with Gasteiger partial charge in [0, 0.05) is 5.25 Å². The molecular weight excluding hydrogens is 324 g/mol. The number of hydrogen-bond donors (Lipinski definition) is 1. The van der Waals surface area contributed by atoms with E-state index in [0.29, 0.717) is 11.9 Å². The molecule has 0 bridgehead atoms. The maximum atomic E-state index is 9.12. The largest absolute Gasteiger partial charge is 0.395 e. The molecule has 0 rings (SSSR count). The molecule has 0 saturated carbocycles. The number of unbranched alkanes of at least 4 members (excludes halogenated alkanes) is 2. The molecule has 25 heavy (non-hydrogen) atoms. The highest BCUT2D eigenvalue weighted by molar-refractivity contribution is 7.99. The van der Waals surface area contributed by atoms with Gasteiger partial charge in [0.2, 0.25) is 0 Å². The lowest BCUT2D eigenvalue weighted by atomic mass is 10.1. The number of thioether (sulfide) groups is 1. The van der Waals surface area contributed by atoms with Gasteiger partial charge in [-0.1, -0.05) is 74.1 Å². The number of aliphatic hydroxyl groups excluding tert-OH is 1. The Morgan fingerprint density at radius 3 is 1.64 bits per heavy atom. The third-order valence-corrected chi connectivity index (χ3v) is 4.89. The van der Waals surface area contributed by atoms with Crippen molar-refractivity contribution < 1.29 is 5.11 Å². The molecule has 0 aliphatic carbocycles. The molecule has 0 fully saturated rings. The zero-order valence-corrected chi connectivity index (χ0v) is 17.1. The molecule has 1 unspecified atom stereocenters. The van der Waals surface area contributed by atoms with Gasteiger partial charge in [-0.05, 0) is 57.6 Å². The van der Waals surface area contributed by atoms with Crippen LogP contribution >= 0.6 is 11.8 Å². The zero-order valence-electron chi connectivity index (χ0n) is 16.3. The highest BCUT2D eigenvalue weighted by Gasteiger charge is 2.03. The van der Waals surface area contributed by atoms with E-state index in [4.69, 9.17) is 5.11 Å². The Morgan fingerprint density at radius 1 is 0.720 bits per heavy atom. The van der Waals surface area contributed by atoms with Crippen molar-refractivity contribution in [1.82, 2.24) is 0 Å². The number of rotatable bonds is 16. The first-order chi connectivity index (χ1) is 12.3. The highest BCUT2D eigenvalue weighted by atomic mass is 32.2. The van der Waals surface area contributed by atoms with Crippen LogP contribution in [0.5, 0.6) is 0 Å². The summed E-state index contributed by atoms with van der Waals surface area (Å²) in [5.41, 5.74) is 0. The van der Waals surface area contributed by atoms with Gasteiger partial charge in [0.25, 0.3) is 0 Å². The molecule has 0 aliphatic rings. The van der Waals surface area contributed by atoms with Crippen molar-refractivity contribution in [2.45, 2.75) is 70.0 Å². The van der Waals surface area contributed by atoms with Crippen LogP contribution in [0, 0.1) is 0 Å². The van der Waals surface area contributed by atoms with E-state index in [1.165, 1.54) is 12.8 Å². The lowest BCUT2D eigenvalue weighted by molar-refractivity contribution is 0.289. The third-order valence-electron chi connectivity index (χ3n) is 3.84. The van der Waals surface area contributed by atoms with E-state index in [1.807, 2.05) is 0 Å². The molecule has 0 radical (unpaired) electrons. The van der Waals surface area contributed by atoms with E-state index < -0.39 is 0 Å². The van der Waals surface area contributed by atoms with Crippen LogP contribution in [-0.4, -0.2) is 23.2 Å². The first kappa shape index (κ1) is 24.0. The van der Waals surface area contributed by atoms with E-state index in [1.54, 1.807) is 11.8 Å². The smallest absolute Gasteiger partial charge is 0.0549 e. The van der Waals surface area contributed by atoms with Gasteiger partial charge in [-0.15, -0.1) is 0 Å². The van der Waals surface area contributed by atoms with Crippen LogP contribution in [0.15, 0.2) is 60.8 Å². The van der Waals surface area contributed by atoms with Crippen LogP contribution in [-0.2, 0) is 0 Å². The van der Waals surface area contributed by atoms with Crippen molar-refractivity contribution in [3.8, 4) is 0 Å². The van der Waals surface area contributed by atoms with Crippen LogP contribution in [0.3, 0.4) is 0 Å². The predicted octanol–water partition coefficient (Wildman–Crippen LogP) is 7.02. The average Bonchev–Trinajstić information content (AvgIpc) is 2.64. The van der Waals surface area contributed by atoms with Crippen molar-refractivity contribution in [3.05, 3.63) is 60.8 Å². The second-order valence-electron chi connectivity index (χ2n) is 6.03. The number of aliphatic hydroxyl groups is 1. The van der Waals surface area contributed by atoms with Crippen molar-refractivity contribution in [3.63, 3.8) is 0 Å². The standard InChI is InChI=1S/C23H38OS/c1-3-4-5-6-7-8-9-10-11-12-13-14-15-16-17-18-19-20-21-23(22-24)25-2/h4-5,7-8,10-11,13-14,16-17,23-24H,3,6,9,12,15,18-22H2,1-2H3/b5-4-,8-7-,11-10-,14-13-,17-16-. The minimum absolute atomic E-state index is 0.308. The monoisotopic (exact) mass is 362 g/mol. The van der Waals surface area contributed by atoms with E-state index in [0.717, 1.165) is 44.9 Å². The topological polar surface area (TPSA) is 20.2 Å². The lowest BCUT2D eigenvalue weighted by Crippen LogP contribution is -2.06. The summed E-state index contributed by atoms with van der Waals surface area (Å²) in [6.45, 7) is 2.47. The molecule has 0 heterocycles. The van der Waals surface area contributed by atoms with Crippen LogP contribution in [0.2, 0.25) is 0 Å². The van der Waals surface area contributed by atoms with Gasteiger partial charge < -0.3 is 5.11 Å². The van der Waals surface area contributed by atoms with Crippen LogP contribution in [0.25, 0.3) is 0 Å². The summed E-state index contributed by atoms with van der Waals surface area (Å²) in [7, 11) is 0. The second kappa shape index (κ2) is 21.1. The van der Waals surface area contributed by atoms with E-state index in [2.05, 4.69) is 73.9 Å². The van der Waals surface area contributed by atoms with Gasteiger partial charge in [0.15, 0.2) is 0 Å². The summed E-state index contributed by atoms with van der Waals surface area (Å²) < 4.78 is 0. The fraction of sp³-hybridized carbons (Fsp3) is 0.565. The van der Waals surface area contributed by atoms with Gasteiger partial charge in [-0.2, -0.15) is 11.8 Å². The highest BCUT2D eigenvalue weighted by Crippen LogP contribution is 2.14. The minimum atomic E-state index is 0.308. The Hall–Kier alpha value is -0.990. The molecule has 0 saturated heterocycles. The first-order valence-corrected chi connectivity index (χ1v) is 11.0. The van der Waals surface area contributed by atoms with Gasteiger partial charge in [0.05, 0.1) is 6.61 Å². The molecule has 0 aromatic carbocycles. The van der Waals surface area contributed by atoms with Crippen molar-refractivity contribution in [2.24, 2.45) is 0 Å². The van der Waals surface area contributed by atoms with Gasteiger partial charge >= 0.3 is 0 Å². The summed E-state index contributed by atoms with van der Waals surface area (Å²) in [5.74, 6) is 0. The van der Waals surface area contributed by atoms with Gasteiger partial charge in [0.1, 0.15) is 0 Å². The first-order valence-electron chi connectivity index (χ1n) is 9.73. The molecule has 1 N–H and O–H groups in total. The molecular formula is C23H38OS. The average molecular weight is 363 g/mol. The summed E-state index contributed by atoms with van der Waals surface area (Å²) in [4.78, 5) is 0. The maximum absolute atomic E-state index is 9.12. The Morgan fingerprint density at radius 2 is 1.20 bits per heavy atom. The fourth-order valence-corrected chi connectivity index (χ4v) is 2.84. The Bertz CT molecular complexity index is 400. The summed E-state index contributed by atoms with van der Waals surface area (Å²) in [5, 5.41) is 9.54. The Kier molecular flexibility index (Phi) is 20.2. The molecule has 1 atom stereocenters. The van der Waals surface area contributed by atoms with Gasteiger partial charge in [-0.25, -0.2) is 0 Å². The predicted molar refractivity (Wildman–Crippen MR) is 117 cm³/mol. The SMILES string of the molecule is CC/C=C\C/C=C\C/C=C\C/C=C\C/C=C\CCCCC(CO)SC. The number of allylic oxidation sites excluding steroid dienone is 10. The summed E-state index contributed by atoms with van der Waals surface area (Å²) in [6.07, 6.45) is 34.4. The van der Waals surface area contributed by atoms with Crippen molar-refractivity contribution in [2.75, 3.05) is 12.9 Å². The van der Waals surface area contributed by atoms with Crippen molar-refractivity contribution in [1.29, 1.82) is 0 Å². The summed E-state index contributed by atoms with van der Waals surface area (Å²) in [6, 6.07) is 0. The molecule has 142 valence electrons. The molecule has 0 spiro atoms. The Balaban J connectivity index is 3.47. The molecule has 0 aromatic rings. The van der Waals surface area contributed by atoms with Crippen LogP contribution in [0.4, 0.5) is 0 Å². The van der Waals surface area contributed by atoms with Crippen LogP contribution in [0.1, 0.15) is 64.7 Å². The van der Waals surface area contributed by atoms with Gasteiger partial charge in [-0.3, -0.25) is 0 Å². The molecule has 0 amide bonds.